The molecule has 1 amide bonds. The second-order valence-electron chi connectivity index (χ2n) is 4.22. The SMILES string of the molecule is O=C(CC1COCCN1)Nc1c(Cl)cc(Cl)cc1Cl. The Morgan fingerprint density at radius 2 is 2.05 bits per heavy atom. The molecule has 1 aliphatic heterocycles. The second kappa shape index (κ2) is 6.77. The van der Waals surface area contributed by atoms with Gasteiger partial charge >= 0.3 is 0 Å². The lowest BCUT2D eigenvalue weighted by Gasteiger charge is -2.23. The Balaban J connectivity index is 1.98. The van der Waals surface area contributed by atoms with Gasteiger partial charge < -0.3 is 15.4 Å². The van der Waals surface area contributed by atoms with Gasteiger partial charge in [-0.2, -0.15) is 0 Å². The van der Waals surface area contributed by atoms with E-state index >= 15 is 0 Å². The van der Waals surface area contributed by atoms with Crippen molar-refractivity contribution in [2.24, 2.45) is 0 Å². The zero-order valence-corrected chi connectivity index (χ0v) is 12.3. The van der Waals surface area contributed by atoms with Gasteiger partial charge in [-0.05, 0) is 12.1 Å². The molecule has 0 saturated carbocycles. The van der Waals surface area contributed by atoms with Gasteiger partial charge in [0.15, 0.2) is 0 Å². The molecule has 1 aliphatic rings. The molecular formula is C12H13Cl3N2O2. The van der Waals surface area contributed by atoms with Gasteiger partial charge in [0, 0.05) is 24.0 Å². The van der Waals surface area contributed by atoms with Crippen LogP contribution in [-0.2, 0) is 9.53 Å². The van der Waals surface area contributed by atoms with Gasteiger partial charge in [0.1, 0.15) is 0 Å². The lowest BCUT2D eigenvalue weighted by Crippen LogP contribution is -2.43. The zero-order chi connectivity index (χ0) is 13.8. The molecular weight excluding hydrogens is 311 g/mol. The number of hydrogen-bond donors (Lipinski definition) is 2. The molecule has 1 aromatic carbocycles. The van der Waals surface area contributed by atoms with Crippen LogP contribution >= 0.6 is 34.8 Å². The predicted molar refractivity (Wildman–Crippen MR) is 77.3 cm³/mol. The fourth-order valence-corrected chi connectivity index (χ4v) is 2.74. The minimum absolute atomic E-state index is 0.0126. The van der Waals surface area contributed by atoms with Crippen LogP contribution in [0.5, 0.6) is 0 Å². The third kappa shape index (κ3) is 4.23. The summed E-state index contributed by atoms with van der Waals surface area (Å²) in [6, 6.07) is 3.08. The second-order valence-corrected chi connectivity index (χ2v) is 5.47. The van der Waals surface area contributed by atoms with Gasteiger partial charge in [-0.15, -0.1) is 0 Å². The summed E-state index contributed by atoms with van der Waals surface area (Å²) in [4.78, 5) is 11.9. The summed E-state index contributed by atoms with van der Waals surface area (Å²) in [6.45, 7) is 1.95. The molecule has 1 saturated heterocycles. The van der Waals surface area contributed by atoms with Crippen molar-refractivity contribution in [2.75, 3.05) is 25.1 Å². The maximum Gasteiger partial charge on any atom is 0.226 e. The molecule has 1 heterocycles. The van der Waals surface area contributed by atoms with Crippen LogP contribution in [0.2, 0.25) is 15.1 Å². The van der Waals surface area contributed by atoms with E-state index in [1.807, 2.05) is 0 Å². The maximum absolute atomic E-state index is 11.9. The highest BCUT2D eigenvalue weighted by molar-refractivity contribution is 6.42. The van der Waals surface area contributed by atoms with Crippen molar-refractivity contribution in [1.29, 1.82) is 0 Å². The fraction of sp³-hybridized carbons (Fsp3) is 0.417. The monoisotopic (exact) mass is 322 g/mol. The molecule has 4 nitrogen and oxygen atoms in total. The van der Waals surface area contributed by atoms with Crippen LogP contribution in [0.1, 0.15) is 6.42 Å². The Labute approximate surface area is 126 Å². The van der Waals surface area contributed by atoms with E-state index in [9.17, 15) is 4.79 Å². The van der Waals surface area contributed by atoms with Crippen LogP contribution in [0.15, 0.2) is 12.1 Å². The summed E-state index contributed by atoms with van der Waals surface area (Å²) in [7, 11) is 0. The first kappa shape index (κ1) is 14.9. The predicted octanol–water partition coefficient (Wildman–Crippen LogP) is 2.96. The standard InChI is InChI=1S/C12H13Cl3N2O2/c13-7-3-9(14)12(10(15)4-7)17-11(18)5-8-6-19-2-1-16-8/h3-4,8,16H,1-2,5-6H2,(H,17,18). The highest BCUT2D eigenvalue weighted by Gasteiger charge is 2.18. The van der Waals surface area contributed by atoms with Crippen LogP contribution in [0.3, 0.4) is 0 Å². The number of hydrogen-bond acceptors (Lipinski definition) is 3. The van der Waals surface area contributed by atoms with E-state index in [0.717, 1.165) is 6.54 Å². The first-order chi connectivity index (χ1) is 9.06. The number of benzene rings is 1. The lowest BCUT2D eigenvalue weighted by molar-refractivity contribution is -0.117. The molecule has 7 heteroatoms. The van der Waals surface area contributed by atoms with Gasteiger partial charge in [0.25, 0.3) is 0 Å². The molecule has 0 spiro atoms. The van der Waals surface area contributed by atoms with Gasteiger partial charge in [-0.3, -0.25) is 4.79 Å². The quantitative estimate of drug-likeness (QED) is 0.899. The number of morpholine rings is 1. The normalized spacial score (nSPS) is 19.2. The first-order valence-corrected chi connectivity index (χ1v) is 6.95. The molecule has 0 aromatic heterocycles. The van der Waals surface area contributed by atoms with E-state index in [-0.39, 0.29) is 11.9 Å². The Kier molecular flexibility index (Phi) is 5.30. The van der Waals surface area contributed by atoms with Crippen molar-refractivity contribution in [1.82, 2.24) is 5.32 Å². The highest BCUT2D eigenvalue weighted by Crippen LogP contribution is 2.33. The van der Waals surface area contributed by atoms with E-state index in [2.05, 4.69) is 10.6 Å². The number of nitrogens with one attached hydrogen (secondary N) is 2. The molecule has 0 radical (unpaired) electrons. The van der Waals surface area contributed by atoms with E-state index in [0.29, 0.717) is 40.4 Å². The highest BCUT2D eigenvalue weighted by atomic mass is 35.5. The number of anilines is 1. The minimum Gasteiger partial charge on any atom is -0.378 e. The van der Waals surface area contributed by atoms with Gasteiger partial charge in [-0.25, -0.2) is 0 Å². The third-order valence-corrected chi connectivity index (χ3v) is 3.52. The van der Waals surface area contributed by atoms with Crippen LogP contribution < -0.4 is 10.6 Å². The minimum atomic E-state index is -0.172. The van der Waals surface area contributed by atoms with Gasteiger partial charge in [0.2, 0.25) is 5.91 Å². The molecule has 2 rings (SSSR count). The smallest absolute Gasteiger partial charge is 0.226 e. The zero-order valence-electron chi connectivity index (χ0n) is 10.0. The molecule has 1 unspecified atom stereocenters. The Hall–Kier alpha value is -0.520. The number of rotatable bonds is 3. The Bertz CT molecular complexity index is 453. The van der Waals surface area contributed by atoms with Crippen molar-refractivity contribution in [3.05, 3.63) is 27.2 Å². The summed E-state index contributed by atoms with van der Waals surface area (Å²) in [6.07, 6.45) is 0.301. The third-order valence-electron chi connectivity index (χ3n) is 2.70. The number of halogens is 3. The van der Waals surface area contributed by atoms with Crippen molar-refractivity contribution < 1.29 is 9.53 Å². The summed E-state index contributed by atoms with van der Waals surface area (Å²) >= 11 is 17.8. The first-order valence-electron chi connectivity index (χ1n) is 5.82. The average molecular weight is 324 g/mol. The molecule has 1 aromatic rings. The summed E-state index contributed by atoms with van der Waals surface area (Å²) in [5.41, 5.74) is 0.384. The summed E-state index contributed by atoms with van der Waals surface area (Å²) < 4.78 is 5.28. The molecule has 0 aliphatic carbocycles. The molecule has 19 heavy (non-hydrogen) atoms. The largest absolute Gasteiger partial charge is 0.378 e. The lowest BCUT2D eigenvalue weighted by atomic mass is 10.2. The summed E-state index contributed by atoms with van der Waals surface area (Å²) in [5.74, 6) is -0.172. The maximum atomic E-state index is 11.9. The number of carbonyl (C=O) groups is 1. The van der Waals surface area contributed by atoms with E-state index in [1.165, 1.54) is 12.1 Å². The van der Waals surface area contributed by atoms with Crippen LogP contribution in [0, 0.1) is 0 Å². The van der Waals surface area contributed by atoms with Gasteiger partial charge in [0.05, 0.1) is 28.9 Å². The van der Waals surface area contributed by atoms with Crippen molar-refractivity contribution in [3.8, 4) is 0 Å². The summed E-state index contributed by atoms with van der Waals surface area (Å²) in [5, 5.41) is 6.96. The van der Waals surface area contributed by atoms with Crippen molar-refractivity contribution in [3.63, 3.8) is 0 Å². The van der Waals surface area contributed by atoms with E-state index in [1.54, 1.807) is 0 Å². The van der Waals surface area contributed by atoms with Crippen LogP contribution in [0.4, 0.5) is 5.69 Å². The topological polar surface area (TPSA) is 50.4 Å². The fourth-order valence-electron chi connectivity index (χ4n) is 1.83. The van der Waals surface area contributed by atoms with Crippen LogP contribution in [0.25, 0.3) is 0 Å². The van der Waals surface area contributed by atoms with Crippen molar-refractivity contribution >= 4 is 46.4 Å². The molecule has 1 atom stereocenters. The molecule has 2 N–H and O–H groups in total. The van der Waals surface area contributed by atoms with Crippen molar-refractivity contribution in [2.45, 2.75) is 12.5 Å². The number of ether oxygens (including phenoxy) is 1. The average Bonchev–Trinajstić information content (AvgIpc) is 2.35. The van der Waals surface area contributed by atoms with Crippen LogP contribution in [-0.4, -0.2) is 31.7 Å². The van der Waals surface area contributed by atoms with Gasteiger partial charge in [-0.1, -0.05) is 34.8 Å². The Morgan fingerprint density at radius 1 is 1.37 bits per heavy atom. The van der Waals surface area contributed by atoms with E-state index < -0.39 is 0 Å². The number of carbonyl (C=O) groups excluding carboxylic acids is 1. The number of amides is 1. The Morgan fingerprint density at radius 3 is 2.63 bits per heavy atom. The molecule has 0 bridgehead atoms. The van der Waals surface area contributed by atoms with E-state index in [4.69, 9.17) is 39.5 Å². The molecule has 1 fully saturated rings. The molecule has 104 valence electrons.